The third-order valence-electron chi connectivity index (χ3n) is 5.19. The van der Waals surface area contributed by atoms with Crippen molar-refractivity contribution in [3.05, 3.63) is 59.4 Å². The van der Waals surface area contributed by atoms with Gasteiger partial charge in [-0.2, -0.15) is 0 Å². The number of carbonyl (C=O) groups is 1. The molecule has 1 aromatic carbocycles. The van der Waals surface area contributed by atoms with Crippen LogP contribution in [0.2, 0.25) is 0 Å². The van der Waals surface area contributed by atoms with Gasteiger partial charge in [-0.25, -0.2) is 9.98 Å². The number of nitrogens with zero attached hydrogens (tertiary/aromatic N) is 5. The average molecular weight is 406 g/mol. The minimum absolute atomic E-state index is 0.122. The molecule has 0 spiro atoms. The van der Waals surface area contributed by atoms with Crippen LogP contribution in [0.5, 0.6) is 0 Å². The predicted octanol–water partition coefficient (Wildman–Crippen LogP) is 1.69. The lowest BCUT2D eigenvalue weighted by atomic mass is 10.1. The molecule has 3 heterocycles. The lowest BCUT2D eigenvalue weighted by molar-refractivity contribution is -0.130. The molecule has 1 amide bonds. The number of aliphatic imine (C=N–C) groups is 2. The van der Waals surface area contributed by atoms with Gasteiger partial charge in [0.05, 0.1) is 12.9 Å². The standard InChI is InChI=1S/C22H27N7O/c1-28-13-16-5-3-6-19(11-16)26-22-25-15-24-21(27-22)17-8-9-23-18(12-17)7-4-10-29(2)20(30)14-28/h3,5-6,8-9,11-12,15,22,26H,4,7,10,13-14H2,1-2H3,(H,24,25,27). The molecule has 2 N–H and O–H groups in total. The van der Waals surface area contributed by atoms with Crippen molar-refractivity contribution in [3.8, 4) is 0 Å². The molecule has 0 fully saturated rings. The molecule has 1 atom stereocenters. The van der Waals surface area contributed by atoms with E-state index >= 15 is 0 Å². The number of carbonyl (C=O) groups excluding carboxylic acids is 1. The van der Waals surface area contributed by atoms with Gasteiger partial charge < -0.3 is 15.5 Å². The van der Waals surface area contributed by atoms with Crippen LogP contribution in [-0.4, -0.2) is 66.3 Å². The highest BCUT2D eigenvalue weighted by molar-refractivity contribution is 6.05. The van der Waals surface area contributed by atoms with Crippen molar-refractivity contribution in [2.24, 2.45) is 9.98 Å². The van der Waals surface area contributed by atoms with Crippen molar-refractivity contribution in [1.82, 2.24) is 20.1 Å². The number of likely N-dealkylation sites (N-methyl/N-ethyl adjacent to an activating group) is 2. The van der Waals surface area contributed by atoms with Gasteiger partial charge in [0, 0.05) is 43.3 Å². The number of aryl methyl sites for hydroxylation is 1. The van der Waals surface area contributed by atoms with E-state index in [2.05, 4.69) is 32.7 Å². The number of benzene rings is 1. The van der Waals surface area contributed by atoms with E-state index in [0.29, 0.717) is 19.6 Å². The summed E-state index contributed by atoms with van der Waals surface area (Å²) < 4.78 is 0. The fraction of sp³-hybridized carbons (Fsp3) is 0.364. The highest BCUT2D eigenvalue weighted by atomic mass is 16.2. The van der Waals surface area contributed by atoms with Crippen molar-refractivity contribution in [2.45, 2.75) is 25.7 Å². The zero-order valence-corrected chi connectivity index (χ0v) is 17.4. The van der Waals surface area contributed by atoms with E-state index < -0.39 is 6.29 Å². The molecule has 0 saturated heterocycles. The third-order valence-corrected chi connectivity index (χ3v) is 5.19. The normalized spacial score (nSPS) is 20.5. The monoisotopic (exact) mass is 405 g/mol. The Bertz CT molecular complexity index is 971. The molecule has 1 unspecified atom stereocenters. The number of pyridine rings is 1. The molecule has 4 rings (SSSR count). The number of amides is 1. The molecule has 2 aliphatic heterocycles. The molecule has 8 heteroatoms. The van der Waals surface area contributed by atoms with Gasteiger partial charge in [-0.15, -0.1) is 0 Å². The summed E-state index contributed by atoms with van der Waals surface area (Å²) in [5.74, 6) is 0.882. The number of nitrogens with one attached hydrogen (secondary N) is 2. The summed E-state index contributed by atoms with van der Waals surface area (Å²) in [5.41, 5.74) is 4.02. The second kappa shape index (κ2) is 9.04. The lowest BCUT2D eigenvalue weighted by Gasteiger charge is -2.23. The fourth-order valence-corrected chi connectivity index (χ4v) is 3.60. The summed E-state index contributed by atoms with van der Waals surface area (Å²) in [7, 11) is 3.83. The number of amidine groups is 1. The van der Waals surface area contributed by atoms with E-state index in [9.17, 15) is 4.79 Å². The van der Waals surface area contributed by atoms with Crippen molar-refractivity contribution in [2.75, 3.05) is 32.5 Å². The third kappa shape index (κ3) is 5.01. The highest BCUT2D eigenvalue weighted by Gasteiger charge is 2.15. The lowest BCUT2D eigenvalue weighted by Crippen LogP contribution is -2.37. The number of rotatable bonds is 0. The van der Waals surface area contributed by atoms with Crippen LogP contribution in [0.25, 0.3) is 0 Å². The van der Waals surface area contributed by atoms with E-state index in [1.54, 1.807) is 17.4 Å². The first-order chi connectivity index (χ1) is 14.6. The molecule has 0 aliphatic carbocycles. The topological polar surface area (TPSA) is 85.2 Å². The van der Waals surface area contributed by atoms with Crippen molar-refractivity contribution < 1.29 is 4.79 Å². The summed E-state index contributed by atoms with van der Waals surface area (Å²) >= 11 is 0. The Morgan fingerprint density at radius 3 is 2.93 bits per heavy atom. The van der Waals surface area contributed by atoms with E-state index in [0.717, 1.165) is 41.2 Å². The van der Waals surface area contributed by atoms with Gasteiger partial charge in [-0.1, -0.05) is 12.1 Å². The van der Waals surface area contributed by atoms with Gasteiger partial charge >= 0.3 is 0 Å². The number of hydrogen-bond donors (Lipinski definition) is 2. The number of anilines is 1. The van der Waals surface area contributed by atoms with Crippen LogP contribution in [0.3, 0.4) is 0 Å². The summed E-state index contributed by atoms with van der Waals surface area (Å²) in [6.45, 7) is 1.77. The van der Waals surface area contributed by atoms with Crippen molar-refractivity contribution in [3.63, 3.8) is 0 Å². The van der Waals surface area contributed by atoms with Crippen molar-refractivity contribution >= 4 is 23.8 Å². The zero-order valence-electron chi connectivity index (χ0n) is 17.4. The van der Waals surface area contributed by atoms with Crippen molar-refractivity contribution in [1.29, 1.82) is 0 Å². The predicted molar refractivity (Wildman–Crippen MR) is 119 cm³/mol. The first-order valence-electron chi connectivity index (χ1n) is 10.2. The molecule has 0 radical (unpaired) electrons. The Morgan fingerprint density at radius 2 is 2.03 bits per heavy atom. The molecule has 30 heavy (non-hydrogen) atoms. The molecular weight excluding hydrogens is 378 g/mol. The van der Waals surface area contributed by atoms with Gasteiger partial charge in [-0.3, -0.25) is 14.7 Å². The molecule has 1 aromatic heterocycles. The smallest absolute Gasteiger partial charge is 0.236 e. The Labute approximate surface area is 176 Å². The largest absolute Gasteiger partial charge is 0.345 e. The summed E-state index contributed by atoms with van der Waals surface area (Å²) in [6, 6.07) is 12.1. The first-order valence-corrected chi connectivity index (χ1v) is 10.2. The minimum atomic E-state index is -0.403. The van der Waals surface area contributed by atoms with Crippen LogP contribution in [0.1, 0.15) is 23.2 Å². The molecule has 2 aliphatic rings. The van der Waals surface area contributed by atoms with Crippen LogP contribution >= 0.6 is 0 Å². The van der Waals surface area contributed by atoms with Crippen LogP contribution in [0.15, 0.2) is 52.6 Å². The van der Waals surface area contributed by atoms with E-state index in [1.165, 1.54) is 0 Å². The Balaban J connectivity index is 1.63. The summed E-state index contributed by atoms with van der Waals surface area (Å²) in [5, 5.41) is 6.49. The maximum absolute atomic E-state index is 12.6. The zero-order chi connectivity index (χ0) is 20.9. The molecule has 156 valence electrons. The first kappa shape index (κ1) is 20.0. The van der Waals surface area contributed by atoms with E-state index in [1.807, 2.05) is 43.3 Å². The maximum atomic E-state index is 12.6. The fourth-order valence-electron chi connectivity index (χ4n) is 3.60. The number of aromatic nitrogens is 1. The van der Waals surface area contributed by atoms with Gasteiger partial charge in [0.1, 0.15) is 5.84 Å². The molecular formula is C22H27N7O. The Morgan fingerprint density at radius 1 is 1.13 bits per heavy atom. The Kier molecular flexibility index (Phi) is 6.04. The van der Waals surface area contributed by atoms with Crippen LogP contribution < -0.4 is 10.6 Å². The summed E-state index contributed by atoms with van der Waals surface area (Å²) in [6.07, 6.45) is 4.73. The Hall–Kier alpha value is -3.26. The van der Waals surface area contributed by atoms with Crippen LogP contribution in [-0.2, 0) is 17.8 Å². The molecule has 8 nitrogen and oxygen atoms in total. The number of fused-ring (bicyclic) bond motifs is 6. The highest BCUT2D eigenvalue weighted by Crippen LogP contribution is 2.16. The van der Waals surface area contributed by atoms with Crippen LogP contribution in [0.4, 0.5) is 5.69 Å². The van der Waals surface area contributed by atoms with Gasteiger partial charge in [0.25, 0.3) is 0 Å². The second-order valence-electron chi connectivity index (χ2n) is 7.75. The van der Waals surface area contributed by atoms with Gasteiger partial charge in [0.2, 0.25) is 12.2 Å². The van der Waals surface area contributed by atoms with Crippen LogP contribution in [0, 0.1) is 0 Å². The van der Waals surface area contributed by atoms with E-state index in [4.69, 9.17) is 4.99 Å². The van der Waals surface area contributed by atoms with Gasteiger partial charge in [-0.05, 0) is 49.7 Å². The van der Waals surface area contributed by atoms with Gasteiger partial charge in [0.15, 0.2) is 0 Å². The number of hydrogen-bond acceptors (Lipinski definition) is 7. The SMILES string of the molecule is CN1CC(=O)N(C)CCCc2cc(ccn2)C2=NC(N=CN2)Nc2cccc(c2)C1. The quantitative estimate of drug-likeness (QED) is 0.697. The maximum Gasteiger partial charge on any atom is 0.236 e. The average Bonchev–Trinajstić information content (AvgIpc) is 2.73. The molecule has 6 bridgehead atoms. The summed E-state index contributed by atoms with van der Waals surface area (Å²) in [4.78, 5) is 30.0. The minimum Gasteiger partial charge on any atom is -0.345 e. The molecule has 2 aromatic rings. The van der Waals surface area contributed by atoms with E-state index in [-0.39, 0.29) is 5.91 Å². The molecule has 0 saturated carbocycles. The second-order valence-corrected chi connectivity index (χ2v) is 7.75.